The normalized spacial score (nSPS) is 9.79. The predicted octanol–water partition coefficient (Wildman–Crippen LogP) is 1.13. The van der Waals surface area contributed by atoms with Crippen LogP contribution in [0.15, 0.2) is 24.4 Å². The van der Waals surface area contributed by atoms with Crippen LogP contribution in [-0.4, -0.2) is 23.8 Å². The van der Waals surface area contributed by atoms with E-state index in [4.69, 9.17) is 0 Å². The molecule has 0 amide bonds. The topological polar surface area (TPSA) is 40.7 Å². The Morgan fingerprint density at radius 3 is 3.29 bits per heavy atom. The van der Waals surface area contributed by atoms with Crippen LogP contribution in [0.3, 0.4) is 0 Å². The minimum atomic E-state index is 0.699. The van der Waals surface area contributed by atoms with Crippen molar-refractivity contribution >= 4 is 10.9 Å². The Bertz CT molecular complexity index is 488. The summed E-state index contributed by atoms with van der Waals surface area (Å²) in [4.78, 5) is 0. The van der Waals surface area contributed by atoms with Crippen LogP contribution < -0.4 is 5.32 Å². The van der Waals surface area contributed by atoms with E-state index in [1.807, 2.05) is 25.2 Å². The number of rotatable bonds is 1. The maximum atomic E-state index is 3.98. The van der Waals surface area contributed by atoms with Crippen molar-refractivity contribution in [1.29, 1.82) is 0 Å². The zero-order valence-corrected chi connectivity index (χ0v) is 7.96. The van der Waals surface area contributed by atoms with Crippen molar-refractivity contribution in [3.8, 4) is 11.8 Å². The first-order valence-electron chi connectivity index (χ1n) is 4.47. The third kappa shape index (κ3) is 1.61. The van der Waals surface area contributed by atoms with Gasteiger partial charge in [-0.3, -0.25) is 5.10 Å². The fourth-order valence-electron chi connectivity index (χ4n) is 1.30. The molecule has 0 saturated carbocycles. The van der Waals surface area contributed by atoms with Crippen LogP contribution in [0.4, 0.5) is 0 Å². The van der Waals surface area contributed by atoms with Crippen molar-refractivity contribution in [2.24, 2.45) is 0 Å². The molecule has 0 spiro atoms. The van der Waals surface area contributed by atoms with E-state index in [-0.39, 0.29) is 0 Å². The first-order chi connectivity index (χ1) is 6.92. The summed E-state index contributed by atoms with van der Waals surface area (Å²) in [5.41, 5.74) is 2.01. The van der Waals surface area contributed by atoms with E-state index < -0.39 is 0 Å². The second kappa shape index (κ2) is 3.95. The Hall–Kier alpha value is -1.79. The van der Waals surface area contributed by atoms with Gasteiger partial charge in [-0.15, -0.1) is 0 Å². The molecular weight excluding hydrogens is 174 g/mol. The monoisotopic (exact) mass is 185 g/mol. The molecule has 2 aromatic rings. The van der Waals surface area contributed by atoms with Gasteiger partial charge < -0.3 is 5.32 Å². The van der Waals surface area contributed by atoms with Crippen LogP contribution in [-0.2, 0) is 0 Å². The minimum absolute atomic E-state index is 0.699. The smallest absolute Gasteiger partial charge is 0.0806 e. The SMILES string of the molecule is CNCC#Cc1cccc2cn[nH]c12. The van der Waals surface area contributed by atoms with Crippen molar-refractivity contribution < 1.29 is 0 Å². The summed E-state index contributed by atoms with van der Waals surface area (Å²) in [5.74, 6) is 6.12. The fourth-order valence-corrected chi connectivity index (χ4v) is 1.30. The zero-order valence-electron chi connectivity index (χ0n) is 7.96. The molecule has 0 radical (unpaired) electrons. The van der Waals surface area contributed by atoms with Gasteiger partial charge in [-0.2, -0.15) is 5.10 Å². The van der Waals surface area contributed by atoms with E-state index in [1.165, 1.54) is 0 Å². The summed E-state index contributed by atoms with van der Waals surface area (Å²) < 4.78 is 0. The first kappa shape index (κ1) is 8.79. The number of H-pyrrole nitrogens is 1. The lowest BCUT2D eigenvalue weighted by atomic mass is 10.1. The molecule has 1 heterocycles. The zero-order chi connectivity index (χ0) is 9.80. The molecule has 2 rings (SSSR count). The van der Waals surface area contributed by atoms with Crippen LogP contribution in [0.1, 0.15) is 5.56 Å². The van der Waals surface area contributed by atoms with Gasteiger partial charge in [0.1, 0.15) is 0 Å². The van der Waals surface area contributed by atoms with Gasteiger partial charge in [-0.25, -0.2) is 0 Å². The fraction of sp³-hybridized carbons (Fsp3) is 0.182. The third-order valence-corrected chi connectivity index (χ3v) is 1.96. The van der Waals surface area contributed by atoms with E-state index in [9.17, 15) is 0 Å². The highest BCUT2D eigenvalue weighted by Gasteiger charge is 1.98. The number of hydrogen-bond donors (Lipinski definition) is 2. The van der Waals surface area contributed by atoms with Gasteiger partial charge in [-0.1, -0.05) is 24.0 Å². The third-order valence-electron chi connectivity index (χ3n) is 1.96. The standard InChI is InChI=1S/C11H11N3/c1-12-7-3-6-9-4-2-5-10-8-13-14-11(9)10/h2,4-5,8,12H,7H2,1H3,(H,13,14). The lowest BCUT2D eigenvalue weighted by Crippen LogP contribution is -2.04. The first-order valence-corrected chi connectivity index (χ1v) is 4.47. The van der Waals surface area contributed by atoms with Crippen LogP contribution >= 0.6 is 0 Å². The Morgan fingerprint density at radius 2 is 2.43 bits per heavy atom. The van der Waals surface area contributed by atoms with Gasteiger partial charge in [0.25, 0.3) is 0 Å². The summed E-state index contributed by atoms with van der Waals surface area (Å²) >= 11 is 0. The molecule has 0 fully saturated rings. The summed E-state index contributed by atoms with van der Waals surface area (Å²) in [6.45, 7) is 0.699. The Labute approximate surface area is 82.5 Å². The largest absolute Gasteiger partial charge is 0.309 e. The highest BCUT2D eigenvalue weighted by Crippen LogP contribution is 2.13. The van der Waals surface area contributed by atoms with Gasteiger partial charge in [0.15, 0.2) is 0 Å². The molecule has 0 aliphatic rings. The van der Waals surface area contributed by atoms with Gasteiger partial charge in [0.2, 0.25) is 0 Å². The van der Waals surface area contributed by atoms with Crippen molar-refractivity contribution in [2.75, 3.05) is 13.6 Å². The summed E-state index contributed by atoms with van der Waals surface area (Å²) in [7, 11) is 1.88. The van der Waals surface area contributed by atoms with Crippen LogP contribution in [0.25, 0.3) is 10.9 Å². The number of nitrogens with one attached hydrogen (secondary N) is 2. The van der Waals surface area contributed by atoms with Crippen LogP contribution in [0.5, 0.6) is 0 Å². The molecule has 0 saturated heterocycles. The molecular formula is C11H11N3. The van der Waals surface area contributed by atoms with Crippen molar-refractivity contribution in [3.05, 3.63) is 30.0 Å². The molecule has 0 aliphatic carbocycles. The van der Waals surface area contributed by atoms with E-state index >= 15 is 0 Å². The van der Waals surface area contributed by atoms with Crippen molar-refractivity contribution in [2.45, 2.75) is 0 Å². The lowest BCUT2D eigenvalue weighted by molar-refractivity contribution is 0.938. The molecule has 14 heavy (non-hydrogen) atoms. The van der Waals surface area contributed by atoms with Crippen LogP contribution in [0.2, 0.25) is 0 Å². The van der Waals surface area contributed by atoms with Crippen molar-refractivity contribution in [3.63, 3.8) is 0 Å². The number of fused-ring (bicyclic) bond motifs is 1. The van der Waals surface area contributed by atoms with E-state index in [2.05, 4.69) is 27.4 Å². The molecule has 3 heteroatoms. The second-order valence-electron chi connectivity index (χ2n) is 2.97. The van der Waals surface area contributed by atoms with Gasteiger partial charge in [-0.05, 0) is 13.1 Å². The number of benzene rings is 1. The van der Waals surface area contributed by atoms with Crippen molar-refractivity contribution in [1.82, 2.24) is 15.5 Å². The number of nitrogens with zero attached hydrogens (tertiary/aromatic N) is 1. The average Bonchev–Trinajstić information content (AvgIpc) is 2.67. The quantitative estimate of drug-likeness (QED) is 0.654. The average molecular weight is 185 g/mol. The summed E-state index contributed by atoms with van der Waals surface area (Å²) in [6.07, 6.45) is 1.80. The Kier molecular flexibility index (Phi) is 2.48. The van der Waals surface area contributed by atoms with Crippen LogP contribution in [0, 0.1) is 11.8 Å². The summed E-state index contributed by atoms with van der Waals surface area (Å²) in [5, 5.41) is 11.0. The van der Waals surface area contributed by atoms with Gasteiger partial charge in [0, 0.05) is 5.39 Å². The second-order valence-corrected chi connectivity index (χ2v) is 2.97. The lowest BCUT2D eigenvalue weighted by Gasteiger charge is -1.92. The molecule has 0 aliphatic heterocycles. The maximum Gasteiger partial charge on any atom is 0.0806 e. The Morgan fingerprint density at radius 1 is 1.50 bits per heavy atom. The van der Waals surface area contributed by atoms with Gasteiger partial charge in [0.05, 0.1) is 23.8 Å². The van der Waals surface area contributed by atoms with E-state index in [1.54, 1.807) is 6.20 Å². The predicted molar refractivity (Wildman–Crippen MR) is 56.9 cm³/mol. The van der Waals surface area contributed by atoms with E-state index in [0.717, 1.165) is 16.5 Å². The maximum absolute atomic E-state index is 3.98. The molecule has 70 valence electrons. The summed E-state index contributed by atoms with van der Waals surface area (Å²) in [6, 6.07) is 5.99. The number of aromatic nitrogens is 2. The minimum Gasteiger partial charge on any atom is -0.309 e. The van der Waals surface area contributed by atoms with E-state index in [0.29, 0.717) is 6.54 Å². The molecule has 3 nitrogen and oxygen atoms in total. The molecule has 1 aromatic carbocycles. The molecule has 0 unspecified atom stereocenters. The number of hydrogen-bond acceptors (Lipinski definition) is 2. The van der Waals surface area contributed by atoms with Gasteiger partial charge >= 0.3 is 0 Å². The molecule has 1 aromatic heterocycles. The molecule has 2 N–H and O–H groups in total. The molecule has 0 bridgehead atoms. The number of para-hydroxylation sites is 1. The highest BCUT2D eigenvalue weighted by atomic mass is 15.1. The number of aromatic amines is 1. The Balaban J connectivity index is 2.43. The molecule has 0 atom stereocenters. The highest BCUT2D eigenvalue weighted by molar-refractivity contribution is 5.83.